The van der Waals surface area contributed by atoms with Crippen LogP contribution in [0.2, 0.25) is 0 Å². The fourth-order valence-electron chi connectivity index (χ4n) is 1.51. The van der Waals surface area contributed by atoms with Crippen molar-refractivity contribution in [3.05, 3.63) is 29.8 Å². The van der Waals surface area contributed by atoms with Gasteiger partial charge in [-0.15, -0.1) is 0 Å². The Morgan fingerprint density at radius 1 is 1.38 bits per heavy atom. The van der Waals surface area contributed by atoms with Crippen LogP contribution in [0.1, 0.15) is 44.6 Å². The molecule has 0 saturated heterocycles. The topological polar surface area (TPSA) is 20.2 Å². The van der Waals surface area contributed by atoms with E-state index in [9.17, 15) is 5.11 Å². The van der Waals surface area contributed by atoms with E-state index in [1.165, 1.54) is 24.8 Å². The maximum absolute atomic E-state index is 9.29. The number of hydrogen-bond acceptors (Lipinski definition) is 1. The minimum atomic E-state index is 0.376. The highest BCUT2D eigenvalue weighted by molar-refractivity contribution is 5.29. The first kappa shape index (κ1) is 10.1. The molecule has 0 bridgehead atoms. The smallest absolute Gasteiger partial charge is 0.115 e. The number of unbranched alkanes of at least 4 members (excludes halogenated alkanes) is 1. The van der Waals surface area contributed by atoms with Crippen LogP contribution in [-0.2, 0) is 0 Å². The highest BCUT2D eigenvalue weighted by atomic mass is 16.3. The van der Waals surface area contributed by atoms with Gasteiger partial charge in [0.15, 0.2) is 0 Å². The van der Waals surface area contributed by atoms with Crippen molar-refractivity contribution >= 4 is 0 Å². The molecule has 0 aliphatic heterocycles. The zero-order valence-electron chi connectivity index (χ0n) is 8.46. The van der Waals surface area contributed by atoms with Gasteiger partial charge in [-0.1, -0.05) is 38.8 Å². The van der Waals surface area contributed by atoms with Gasteiger partial charge in [-0.05, 0) is 30.0 Å². The summed E-state index contributed by atoms with van der Waals surface area (Å²) >= 11 is 0. The molecule has 1 rings (SSSR count). The second-order valence-electron chi connectivity index (χ2n) is 3.64. The van der Waals surface area contributed by atoms with Crippen molar-refractivity contribution in [2.75, 3.05) is 0 Å². The molecule has 0 amide bonds. The summed E-state index contributed by atoms with van der Waals surface area (Å²) in [7, 11) is 0. The molecule has 1 N–H and O–H groups in total. The summed E-state index contributed by atoms with van der Waals surface area (Å²) in [6.45, 7) is 4.42. The summed E-state index contributed by atoms with van der Waals surface area (Å²) in [6, 6.07) is 7.57. The van der Waals surface area contributed by atoms with Crippen LogP contribution in [0.4, 0.5) is 0 Å². The Balaban J connectivity index is 2.60. The normalized spacial score (nSPS) is 12.8. The monoisotopic (exact) mass is 178 g/mol. The maximum atomic E-state index is 9.29. The third-order valence-electron chi connectivity index (χ3n) is 2.43. The van der Waals surface area contributed by atoms with Gasteiger partial charge in [-0.3, -0.25) is 0 Å². The summed E-state index contributed by atoms with van der Waals surface area (Å²) in [5, 5.41) is 9.29. The zero-order chi connectivity index (χ0) is 9.68. The third kappa shape index (κ3) is 3.10. The molecule has 13 heavy (non-hydrogen) atoms. The number of phenols is 1. The largest absolute Gasteiger partial charge is 0.508 e. The molecule has 1 heteroatoms. The van der Waals surface area contributed by atoms with Gasteiger partial charge in [0.1, 0.15) is 5.75 Å². The Morgan fingerprint density at radius 2 is 2.15 bits per heavy atom. The number of rotatable bonds is 4. The lowest BCUT2D eigenvalue weighted by molar-refractivity contribution is 0.473. The van der Waals surface area contributed by atoms with E-state index in [1.807, 2.05) is 12.1 Å². The van der Waals surface area contributed by atoms with E-state index in [0.29, 0.717) is 11.7 Å². The fraction of sp³-hybridized carbons (Fsp3) is 0.500. The van der Waals surface area contributed by atoms with Gasteiger partial charge in [0.05, 0.1) is 0 Å². The summed E-state index contributed by atoms with van der Waals surface area (Å²) < 4.78 is 0. The van der Waals surface area contributed by atoms with Crippen molar-refractivity contribution in [1.82, 2.24) is 0 Å². The molecule has 0 spiro atoms. The van der Waals surface area contributed by atoms with Crippen LogP contribution in [0, 0.1) is 0 Å². The first-order valence-electron chi connectivity index (χ1n) is 5.03. The van der Waals surface area contributed by atoms with Gasteiger partial charge < -0.3 is 5.11 Å². The van der Waals surface area contributed by atoms with Crippen molar-refractivity contribution < 1.29 is 5.11 Å². The highest BCUT2D eigenvalue weighted by Crippen LogP contribution is 2.23. The molecular weight excluding hydrogens is 160 g/mol. The second-order valence-corrected chi connectivity index (χ2v) is 3.64. The summed E-state index contributed by atoms with van der Waals surface area (Å²) in [6.07, 6.45) is 3.71. The Bertz CT molecular complexity index is 255. The lowest BCUT2D eigenvalue weighted by Crippen LogP contribution is -1.92. The third-order valence-corrected chi connectivity index (χ3v) is 2.43. The van der Waals surface area contributed by atoms with Gasteiger partial charge in [0, 0.05) is 0 Å². The Labute approximate surface area is 80.4 Å². The molecule has 1 nitrogen and oxygen atoms in total. The number of benzene rings is 1. The SMILES string of the molecule is CCCC[C@@H](C)c1cccc(O)c1. The van der Waals surface area contributed by atoms with Crippen molar-refractivity contribution in [2.24, 2.45) is 0 Å². The van der Waals surface area contributed by atoms with Gasteiger partial charge >= 0.3 is 0 Å². The molecule has 72 valence electrons. The number of hydrogen-bond donors (Lipinski definition) is 1. The molecule has 1 aromatic rings. The van der Waals surface area contributed by atoms with Crippen LogP contribution >= 0.6 is 0 Å². The van der Waals surface area contributed by atoms with Crippen molar-refractivity contribution in [2.45, 2.75) is 39.0 Å². The summed E-state index contributed by atoms with van der Waals surface area (Å²) in [5.74, 6) is 0.938. The minimum Gasteiger partial charge on any atom is -0.508 e. The molecular formula is C12H18O. The predicted molar refractivity (Wildman–Crippen MR) is 56.0 cm³/mol. The van der Waals surface area contributed by atoms with E-state index in [2.05, 4.69) is 19.9 Å². The molecule has 0 aliphatic rings. The Morgan fingerprint density at radius 3 is 2.77 bits per heavy atom. The van der Waals surface area contributed by atoms with Crippen LogP contribution in [0.15, 0.2) is 24.3 Å². The minimum absolute atomic E-state index is 0.376. The lowest BCUT2D eigenvalue weighted by atomic mass is 9.95. The van der Waals surface area contributed by atoms with Crippen molar-refractivity contribution in [3.8, 4) is 5.75 Å². The second kappa shape index (κ2) is 4.90. The van der Waals surface area contributed by atoms with E-state index in [1.54, 1.807) is 6.07 Å². The average molecular weight is 178 g/mol. The molecule has 0 radical (unpaired) electrons. The Hall–Kier alpha value is -0.980. The van der Waals surface area contributed by atoms with E-state index in [-0.39, 0.29) is 0 Å². The average Bonchev–Trinajstić information content (AvgIpc) is 2.14. The van der Waals surface area contributed by atoms with Crippen LogP contribution in [0.25, 0.3) is 0 Å². The van der Waals surface area contributed by atoms with Gasteiger partial charge in [0.2, 0.25) is 0 Å². The van der Waals surface area contributed by atoms with E-state index < -0.39 is 0 Å². The van der Waals surface area contributed by atoms with Gasteiger partial charge in [0.25, 0.3) is 0 Å². The lowest BCUT2D eigenvalue weighted by Gasteiger charge is -2.10. The number of aromatic hydroxyl groups is 1. The summed E-state index contributed by atoms with van der Waals surface area (Å²) in [4.78, 5) is 0. The highest BCUT2D eigenvalue weighted by Gasteiger charge is 2.04. The predicted octanol–water partition coefficient (Wildman–Crippen LogP) is 3.69. The molecule has 0 aromatic heterocycles. The van der Waals surface area contributed by atoms with E-state index in [0.717, 1.165) is 0 Å². The molecule has 0 heterocycles. The molecule has 0 unspecified atom stereocenters. The van der Waals surface area contributed by atoms with Crippen LogP contribution in [0.3, 0.4) is 0 Å². The van der Waals surface area contributed by atoms with Crippen molar-refractivity contribution in [3.63, 3.8) is 0 Å². The first-order valence-corrected chi connectivity index (χ1v) is 5.03. The van der Waals surface area contributed by atoms with Gasteiger partial charge in [-0.2, -0.15) is 0 Å². The molecule has 0 fully saturated rings. The summed E-state index contributed by atoms with van der Waals surface area (Å²) in [5.41, 5.74) is 1.24. The standard InChI is InChI=1S/C12H18O/c1-3-4-6-10(2)11-7-5-8-12(13)9-11/h5,7-10,13H,3-4,6H2,1-2H3/t10-/m1/s1. The van der Waals surface area contributed by atoms with Crippen molar-refractivity contribution in [1.29, 1.82) is 0 Å². The maximum Gasteiger partial charge on any atom is 0.115 e. The van der Waals surface area contributed by atoms with Crippen LogP contribution in [-0.4, -0.2) is 5.11 Å². The van der Waals surface area contributed by atoms with Crippen LogP contribution in [0.5, 0.6) is 5.75 Å². The first-order chi connectivity index (χ1) is 6.24. The van der Waals surface area contributed by atoms with E-state index in [4.69, 9.17) is 0 Å². The zero-order valence-corrected chi connectivity index (χ0v) is 8.46. The fourth-order valence-corrected chi connectivity index (χ4v) is 1.51. The van der Waals surface area contributed by atoms with Crippen LogP contribution < -0.4 is 0 Å². The number of phenolic OH excluding ortho intramolecular Hbond substituents is 1. The molecule has 0 saturated carbocycles. The molecule has 0 aliphatic carbocycles. The molecule has 1 atom stereocenters. The Kier molecular flexibility index (Phi) is 3.81. The van der Waals surface area contributed by atoms with Gasteiger partial charge in [-0.25, -0.2) is 0 Å². The van der Waals surface area contributed by atoms with E-state index >= 15 is 0 Å². The molecule has 1 aromatic carbocycles. The quantitative estimate of drug-likeness (QED) is 0.745.